The first-order valence-corrected chi connectivity index (χ1v) is 8.94. The van der Waals surface area contributed by atoms with E-state index in [-0.39, 0.29) is 11.9 Å². The lowest BCUT2D eigenvalue weighted by atomic mass is 10.0. The number of rotatable bonds is 4. The number of aryl methyl sites for hydroxylation is 2. The highest BCUT2D eigenvalue weighted by Gasteiger charge is 2.33. The SMILES string of the molecule is Cc1cc(-c2cn[nH]c2[C@H]2CCCN2C(=O)Cc2ccccc2C)on1. The minimum Gasteiger partial charge on any atom is -0.356 e. The van der Waals surface area contributed by atoms with E-state index in [2.05, 4.69) is 15.4 Å². The van der Waals surface area contributed by atoms with Gasteiger partial charge in [-0.15, -0.1) is 0 Å². The van der Waals surface area contributed by atoms with Crippen LogP contribution in [0.15, 0.2) is 41.1 Å². The molecule has 1 aromatic carbocycles. The molecule has 6 heteroatoms. The maximum Gasteiger partial charge on any atom is 0.227 e. The Morgan fingerprint density at radius 1 is 1.35 bits per heavy atom. The molecule has 1 aliphatic rings. The van der Waals surface area contributed by atoms with E-state index in [1.807, 2.05) is 49.1 Å². The number of carbonyl (C=O) groups is 1. The maximum atomic E-state index is 13.0. The molecule has 1 N–H and O–H groups in total. The summed E-state index contributed by atoms with van der Waals surface area (Å²) in [5.74, 6) is 0.834. The lowest BCUT2D eigenvalue weighted by Crippen LogP contribution is -2.32. The maximum absolute atomic E-state index is 13.0. The summed E-state index contributed by atoms with van der Waals surface area (Å²) in [5.41, 5.74) is 4.86. The van der Waals surface area contributed by atoms with Crippen LogP contribution in [0.3, 0.4) is 0 Å². The number of aromatic amines is 1. The smallest absolute Gasteiger partial charge is 0.227 e. The first-order valence-electron chi connectivity index (χ1n) is 8.94. The number of hydrogen-bond acceptors (Lipinski definition) is 4. The van der Waals surface area contributed by atoms with Crippen LogP contribution in [0, 0.1) is 13.8 Å². The zero-order valence-electron chi connectivity index (χ0n) is 15.0. The van der Waals surface area contributed by atoms with Crippen LogP contribution in [0.25, 0.3) is 11.3 Å². The van der Waals surface area contributed by atoms with Crippen molar-refractivity contribution < 1.29 is 9.32 Å². The topological polar surface area (TPSA) is 75.0 Å². The van der Waals surface area contributed by atoms with Crippen molar-refractivity contribution in [2.24, 2.45) is 0 Å². The summed E-state index contributed by atoms with van der Waals surface area (Å²) in [6.07, 6.45) is 4.07. The van der Waals surface area contributed by atoms with E-state index >= 15 is 0 Å². The van der Waals surface area contributed by atoms with Crippen molar-refractivity contribution in [2.75, 3.05) is 6.54 Å². The van der Waals surface area contributed by atoms with Gasteiger partial charge < -0.3 is 9.42 Å². The Bertz CT molecular complexity index is 927. The zero-order chi connectivity index (χ0) is 18.1. The minimum absolute atomic E-state index is 0.00516. The Kier molecular flexibility index (Phi) is 4.32. The molecule has 26 heavy (non-hydrogen) atoms. The highest BCUT2D eigenvalue weighted by molar-refractivity contribution is 5.80. The van der Waals surface area contributed by atoms with Crippen LogP contribution in [0.2, 0.25) is 0 Å². The van der Waals surface area contributed by atoms with Crippen LogP contribution in [0.1, 0.15) is 41.4 Å². The Hall–Kier alpha value is -2.89. The summed E-state index contributed by atoms with van der Waals surface area (Å²) >= 11 is 0. The third kappa shape index (κ3) is 3.03. The third-order valence-electron chi connectivity index (χ3n) is 5.07. The fraction of sp³-hybridized carbons (Fsp3) is 0.350. The summed E-state index contributed by atoms with van der Waals surface area (Å²) in [5, 5.41) is 11.2. The molecule has 1 atom stereocenters. The van der Waals surface area contributed by atoms with Gasteiger partial charge in [-0.25, -0.2) is 0 Å². The van der Waals surface area contributed by atoms with E-state index in [1.54, 1.807) is 6.20 Å². The molecule has 2 aromatic heterocycles. The van der Waals surface area contributed by atoms with E-state index in [0.717, 1.165) is 47.5 Å². The molecule has 4 rings (SSSR count). The van der Waals surface area contributed by atoms with Crippen LogP contribution >= 0.6 is 0 Å². The molecule has 1 amide bonds. The molecular weight excluding hydrogens is 328 g/mol. The highest BCUT2D eigenvalue weighted by atomic mass is 16.5. The van der Waals surface area contributed by atoms with Gasteiger partial charge >= 0.3 is 0 Å². The predicted octanol–water partition coefficient (Wildman–Crippen LogP) is 3.59. The van der Waals surface area contributed by atoms with Gasteiger partial charge in [-0.3, -0.25) is 9.89 Å². The summed E-state index contributed by atoms with van der Waals surface area (Å²) < 4.78 is 5.40. The van der Waals surface area contributed by atoms with Crippen molar-refractivity contribution in [3.63, 3.8) is 0 Å². The van der Waals surface area contributed by atoms with Crippen molar-refractivity contribution in [3.8, 4) is 11.3 Å². The van der Waals surface area contributed by atoms with Crippen molar-refractivity contribution in [3.05, 3.63) is 59.0 Å². The number of benzene rings is 1. The molecule has 0 spiro atoms. The van der Waals surface area contributed by atoms with Gasteiger partial charge in [-0.05, 0) is 37.8 Å². The van der Waals surface area contributed by atoms with Crippen LogP contribution in [-0.4, -0.2) is 32.7 Å². The Morgan fingerprint density at radius 2 is 2.19 bits per heavy atom. The molecule has 0 bridgehead atoms. The number of carbonyl (C=O) groups excluding carboxylic acids is 1. The summed E-state index contributed by atoms with van der Waals surface area (Å²) in [7, 11) is 0. The molecule has 0 aliphatic carbocycles. The molecule has 3 heterocycles. The molecule has 0 saturated carbocycles. The Balaban J connectivity index is 1.59. The van der Waals surface area contributed by atoms with Gasteiger partial charge in [0.15, 0.2) is 5.76 Å². The van der Waals surface area contributed by atoms with E-state index in [4.69, 9.17) is 4.52 Å². The Labute approximate surface area is 152 Å². The lowest BCUT2D eigenvalue weighted by molar-refractivity contribution is -0.131. The van der Waals surface area contributed by atoms with Gasteiger partial charge in [0.05, 0.1) is 35.6 Å². The van der Waals surface area contributed by atoms with E-state index < -0.39 is 0 Å². The quantitative estimate of drug-likeness (QED) is 0.780. The first-order chi connectivity index (χ1) is 12.6. The summed E-state index contributed by atoms with van der Waals surface area (Å²) in [6, 6.07) is 9.94. The average molecular weight is 350 g/mol. The van der Waals surface area contributed by atoms with E-state index in [1.165, 1.54) is 0 Å². The number of aromatic nitrogens is 3. The van der Waals surface area contributed by atoms with Gasteiger partial charge in [0.1, 0.15) is 0 Å². The van der Waals surface area contributed by atoms with Crippen molar-refractivity contribution >= 4 is 5.91 Å². The number of nitrogens with one attached hydrogen (secondary N) is 1. The van der Waals surface area contributed by atoms with Gasteiger partial charge in [0.25, 0.3) is 0 Å². The van der Waals surface area contributed by atoms with Crippen LogP contribution in [-0.2, 0) is 11.2 Å². The standard InChI is InChI=1S/C20H22N4O2/c1-13-6-3-4-7-15(13)11-19(25)24-9-5-8-17(24)20-16(12-21-22-20)18-10-14(2)23-26-18/h3-4,6-7,10,12,17H,5,8-9,11H2,1-2H3,(H,21,22)/t17-/m1/s1. The second-order valence-electron chi connectivity index (χ2n) is 6.88. The summed E-state index contributed by atoms with van der Waals surface area (Å²) in [6.45, 7) is 4.70. The van der Waals surface area contributed by atoms with Gasteiger partial charge in [-0.2, -0.15) is 5.10 Å². The molecule has 6 nitrogen and oxygen atoms in total. The second kappa shape index (κ2) is 6.78. The first kappa shape index (κ1) is 16.6. The minimum atomic E-state index is -0.00516. The van der Waals surface area contributed by atoms with Crippen molar-refractivity contribution in [2.45, 2.75) is 39.2 Å². The molecule has 1 aliphatic heterocycles. The van der Waals surface area contributed by atoms with Crippen LogP contribution in [0.4, 0.5) is 0 Å². The second-order valence-corrected chi connectivity index (χ2v) is 6.88. The molecule has 134 valence electrons. The van der Waals surface area contributed by atoms with Gasteiger partial charge in [0, 0.05) is 12.6 Å². The number of likely N-dealkylation sites (tertiary alicyclic amines) is 1. The van der Waals surface area contributed by atoms with E-state index in [0.29, 0.717) is 12.2 Å². The van der Waals surface area contributed by atoms with Crippen LogP contribution in [0.5, 0.6) is 0 Å². The predicted molar refractivity (Wildman–Crippen MR) is 97.4 cm³/mol. The molecular formula is C20H22N4O2. The number of amides is 1. The van der Waals surface area contributed by atoms with Crippen molar-refractivity contribution in [1.29, 1.82) is 0 Å². The highest BCUT2D eigenvalue weighted by Crippen LogP contribution is 2.37. The lowest BCUT2D eigenvalue weighted by Gasteiger charge is -2.25. The zero-order valence-corrected chi connectivity index (χ0v) is 15.0. The number of hydrogen-bond donors (Lipinski definition) is 1. The molecule has 1 fully saturated rings. The number of nitrogens with zero attached hydrogens (tertiary/aromatic N) is 3. The molecule has 0 radical (unpaired) electrons. The molecule has 0 unspecified atom stereocenters. The van der Waals surface area contributed by atoms with Gasteiger partial charge in [0.2, 0.25) is 5.91 Å². The average Bonchev–Trinajstić information content (AvgIpc) is 3.35. The van der Waals surface area contributed by atoms with Gasteiger partial charge in [-0.1, -0.05) is 29.4 Å². The summed E-state index contributed by atoms with van der Waals surface area (Å²) in [4.78, 5) is 14.9. The fourth-order valence-electron chi connectivity index (χ4n) is 3.68. The van der Waals surface area contributed by atoms with Crippen molar-refractivity contribution in [1.82, 2.24) is 20.3 Å². The number of H-pyrrole nitrogens is 1. The fourth-order valence-corrected chi connectivity index (χ4v) is 3.68. The Morgan fingerprint density at radius 3 is 2.96 bits per heavy atom. The normalized spacial score (nSPS) is 17.0. The molecule has 3 aromatic rings. The van der Waals surface area contributed by atoms with E-state index in [9.17, 15) is 4.79 Å². The van der Waals surface area contributed by atoms with Crippen LogP contribution < -0.4 is 0 Å². The molecule has 1 saturated heterocycles. The largest absolute Gasteiger partial charge is 0.356 e. The monoisotopic (exact) mass is 350 g/mol. The third-order valence-corrected chi connectivity index (χ3v) is 5.07.